The first-order valence-electron chi connectivity index (χ1n) is 11.8. The van der Waals surface area contributed by atoms with Crippen molar-refractivity contribution in [1.29, 1.82) is 0 Å². The number of carbonyl (C=O) groups is 6. The van der Waals surface area contributed by atoms with Gasteiger partial charge in [0.15, 0.2) is 0 Å². The maximum Gasteiger partial charge on any atom is 0.318 e. The number of amides is 5. The number of aliphatic hydroxyl groups is 1. The van der Waals surface area contributed by atoms with Crippen LogP contribution in [-0.2, 0) is 28.8 Å². The van der Waals surface area contributed by atoms with Gasteiger partial charge in [0.2, 0.25) is 29.5 Å². The van der Waals surface area contributed by atoms with Gasteiger partial charge < -0.3 is 48.3 Å². The summed E-state index contributed by atoms with van der Waals surface area (Å²) >= 11 is 0.885. The Hall–Kier alpha value is -2.95. The third-order valence-corrected chi connectivity index (χ3v) is 7.03. The zero-order valence-electron chi connectivity index (χ0n) is 20.8. The molecule has 11 N–H and O–H groups in total. The molecule has 0 aliphatic carbocycles. The Bertz CT molecular complexity index is 846. The lowest BCUT2D eigenvalue weighted by Gasteiger charge is -2.29. The van der Waals surface area contributed by atoms with Crippen LogP contribution in [0.1, 0.15) is 32.6 Å². The number of unbranched alkanes of at least 4 members (excludes halogenated alkanes) is 1. The fourth-order valence-electron chi connectivity index (χ4n) is 3.49. The molecule has 1 rings (SSSR count). The number of hydrogen-bond acceptors (Lipinski definition) is 10. The predicted molar refractivity (Wildman–Crippen MR) is 134 cm³/mol. The first-order valence-corrected chi connectivity index (χ1v) is 12.8. The van der Waals surface area contributed by atoms with Gasteiger partial charge in [-0.25, -0.2) is 0 Å². The van der Waals surface area contributed by atoms with E-state index < -0.39 is 84.0 Å². The number of hydrogen-bond donors (Lipinski definition) is 9. The summed E-state index contributed by atoms with van der Waals surface area (Å²) in [5.74, 6) is -5.43. The monoisotopic (exact) mass is 547 g/mol. The molecule has 15 nitrogen and oxygen atoms in total. The minimum Gasteiger partial charge on any atom is -0.480 e. The van der Waals surface area contributed by atoms with Gasteiger partial charge in [0, 0.05) is 5.75 Å². The highest BCUT2D eigenvalue weighted by Crippen LogP contribution is 2.21. The molecule has 2 unspecified atom stereocenters. The summed E-state index contributed by atoms with van der Waals surface area (Å²) in [5, 5.41) is 30.7. The van der Waals surface area contributed by atoms with Crippen LogP contribution in [0.4, 0.5) is 0 Å². The van der Waals surface area contributed by atoms with E-state index in [-0.39, 0.29) is 12.2 Å². The van der Waals surface area contributed by atoms with Gasteiger partial charge in [0.25, 0.3) is 0 Å². The van der Waals surface area contributed by atoms with Crippen molar-refractivity contribution in [3.8, 4) is 0 Å². The molecule has 1 saturated heterocycles. The van der Waals surface area contributed by atoms with E-state index >= 15 is 0 Å². The Morgan fingerprint density at radius 2 is 1.62 bits per heavy atom. The summed E-state index contributed by atoms with van der Waals surface area (Å²) in [4.78, 5) is 74.8. The van der Waals surface area contributed by atoms with Crippen LogP contribution >= 0.6 is 11.8 Å². The molecule has 0 radical (unpaired) electrons. The average molecular weight is 548 g/mol. The SMILES string of the molecule is CN[C@H]1CSC(C(=O)O)[C@@H](CCCCN)NC(=O)[C@H](CC(N)=O)NC(=O)[C@H](C)NC(=O)C(CO)NC1=O. The Morgan fingerprint density at radius 3 is 2.16 bits per heavy atom. The lowest BCUT2D eigenvalue weighted by molar-refractivity contribution is -0.138. The normalized spacial score (nSPS) is 28.4. The molecule has 37 heavy (non-hydrogen) atoms. The predicted octanol–water partition coefficient (Wildman–Crippen LogP) is -4.27. The number of thioether (sulfide) groups is 1. The topological polar surface area (TPSA) is 255 Å². The smallest absolute Gasteiger partial charge is 0.318 e. The van der Waals surface area contributed by atoms with E-state index in [2.05, 4.69) is 26.6 Å². The molecule has 5 amide bonds. The van der Waals surface area contributed by atoms with Gasteiger partial charge in [-0.1, -0.05) is 6.42 Å². The molecule has 16 heteroatoms. The van der Waals surface area contributed by atoms with Crippen LogP contribution in [-0.4, -0.2) is 107 Å². The van der Waals surface area contributed by atoms with Crippen molar-refractivity contribution in [1.82, 2.24) is 26.6 Å². The highest BCUT2D eigenvalue weighted by molar-refractivity contribution is 8.00. The van der Waals surface area contributed by atoms with Crippen LogP contribution in [0.2, 0.25) is 0 Å². The zero-order valence-corrected chi connectivity index (χ0v) is 21.6. The second kappa shape index (κ2) is 16.0. The zero-order chi connectivity index (χ0) is 28.1. The van der Waals surface area contributed by atoms with E-state index in [4.69, 9.17) is 11.5 Å². The van der Waals surface area contributed by atoms with Crippen LogP contribution < -0.4 is 38.1 Å². The minimum absolute atomic E-state index is 0.0554. The summed E-state index contributed by atoms with van der Waals surface area (Å²) < 4.78 is 0. The van der Waals surface area contributed by atoms with Crippen molar-refractivity contribution in [2.45, 2.75) is 68.1 Å². The molecule has 1 fully saturated rings. The number of likely N-dealkylation sites (N-methyl/N-ethyl adjacent to an activating group) is 1. The molecular weight excluding hydrogens is 510 g/mol. The number of carbonyl (C=O) groups excluding carboxylic acids is 5. The van der Waals surface area contributed by atoms with Gasteiger partial charge in [0.1, 0.15) is 23.4 Å². The summed E-state index contributed by atoms with van der Waals surface area (Å²) in [6.45, 7) is 0.877. The van der Waals surface area contributed by atoms with Gasteiger partial charge >= 0.3 is 5.97 Å². The van der Waals surface area contributed by atoms with Gasteiger partial charge in [-0.3, -0.25) is 28.8 Å². The third-order valence-electron chi connectivity index (χ3n) is 5.62. The fourth-order valence-corrected chi connectivity index (χ4v) is 4.79. The van der Waals surface area contributed by atoms with E-state index in [0.29, 0.717) is 19.4 Å². The van der Waals surface area contributed by atoms with Crippen molar-refractivity contribution in [3.05, 3.63) is 0 Å². The molecule has 1 aliphatic rings. The minimum atomic E-state index is -1.44. The quantitative estimate of drug-likeness (QED) is 0.125. The molecule has 0 bridgehead atoms. The number of carboxylic acids is 1. The number of primary amides is 1. The molecule has 210 valence electrons. The van der Waals surface area contributed by atoms with Crippen molar-refractivity contribution in [2.24, 2.45) is 11.5 Å². The lowest BCUT2D eigenvalue weighted by atomic mass is 10.0. The number of carboxylic acid groups (broad SMARTS) is 1. The van der Waals surface area contributed by atoms with Crippen LogP contribution in [0.25, 0.3) is 0 Å². The first-order chi connectivity index (χ1) is 17.4. The molecule has 6 atom stereocenters. The van der Waals surface area contributed by atoms with Crippen molar-refractivity contribution >= 4 is 47.3 Å². The van der Waals surface area contributed by atoms with Crippen LogP contribution in [0, 0.1) is 0 Å². The molecule has 0 aromatic carbocycles. The summed E-state index contributed by atoms with van der Waals surface area (Å²) in [7, 11) is 1.47. The molecule has 0 saturated carbocycles. The number of nitrogens with two attached hydrogens (primary N) is 2. The Balaban J connectivity index is 3.41. The highest BCUT2D eigenvalue weighted by Gasteiger charge is 2.35. The van der Waals surface area contributed by atoms with E-state index in [9.17, 15) is 39.0 Å². The molecule has 0 spiro atoms. The maximum absolute atomic E-state index is 13.1. The van der Waals surface area contributed by atoms with E-state index in [1.807, 2.05) is 0 Å². The molecule has 1 heterocycles. The van der Waals surface area contributed by atoms with E-state index in [0.717, 1.165) is 11.8 Å². The van der Waals surface area contributed by atoms with E-state index in [1.165, 1.54) is 14.0 Å². The number of aliphatic hydroxyl groups excluding tert-OH is 1. The summed E-state index contributed by atoms with van der Waals surface area (Å²) in [5.41, 5.74) is 10.8. The molecule has 0 aromatic rings. The van der Waals surface area contributed by atoms with Crippen molar-refractivity contribution < 1.29 is 39.0 Å². The summed E-state index contributed by atoms with van der Waals surface area (Å²) in [6, 6.07) is -5.96. The fraction of sp³-hybridized carbons (Fsp3) is 0.714. The van der Waals surface area contributed by atoms with Crippen LogP contribution in [0.5, 0.6) is 0 Å². The number of rotatable bonds is 9. The van der Waals surface area contributed by atoms with E-state index in [1.54, 1.807) is 0 Å². The van der Waals surface area contributed by atoms with Gasteiger partial charge in [0.05, 0.1) is 25.1 Å². The van der Waals surface area contributed by atoms with Gasteiger partial charge in [-0.15, -0.1) is 11.8 Å². The second-order valence-corrected chi connectivity index (χ2v) is 9.71. The summed E-state index contributed by atoms with van der Waals surface area (Å²) in [6.07, 6.45) is 0.692. The maximum atomic E-state index is 13.1. The van der Waals surface area contributed by atoms with Gasteiger partial charge in [-0.2, -0.15) is 0 Å². The lowest BCUT2D eigenvalue weighted by Crippen LogP contribution is -2.60. The number of aliphatic carboxylic acids is 1. The first kappa shape index (κ1) is 32.1. The average Bonchev–Trinajstić information content (AvgIpc) is 2.82. The Labute approximate surface area is 218 Å². The molecule has 0 aromatic heterocycles. The number of nitrogens with one attached hydrogen (secondary N) is 5. The molecule has 1 aliphatic heterocycles. The third kappa shape index (κ3) is 10.5. The van der Waals surface area contributed by atoms with Crippen molar-refractivity contribution in [3.63, 3.8) is 0 Å². The molecular formula is C21H37N7O8S. The largest absolute Gasteiger partial charge is 0.480 e. The Morgan fingerprint density at radius 1 is 1.00 bits per heavy atom. The van der Waals surface area contributed by atoms with Crippen LogP contribution in [0.3, 0.4) is 0 Å². The van der Waals surface area contributed by atoms with Crippen molar-refractivity contribution in [2.75, 3.05) is 26.0 Å². The van der Waals surface area contributed by atoms with Crippen LogP contribution in [0.15, 0.2) is 0 Å². The second-order valence-electron chi connectivity index (χ2n) is 8.54. The Kier molecular flexibility index (Phi) is 13.9. The standard InChI is InChI=1S/C21H37N7O8S/c1-10-17(31)27-12(7-15(23)30)18(32)26-11(5-3-4-6-22)16(21(35)36)37-9-14(24-2)20(34)28-13(8-29)19(33)25-10/h10-14,16,24,29H,3-9,22H2,1-2H3,(H2,23,30)(H,25,33)(H,26,32)(H,27,31)(H,28,34)(H,35,36)/t10-,11+,12-,13?,14-,16?/m0/s1. The highest BCUT2D eigenvalue weighted by atomic mass is 32.2. The van der Waals surface area contributed by atoms with Gasteiger partial charge in [-0.05, 0) is 33.4 Å².